The van der Waals surface area contributed by atoms with Crippen molar-refractivity contribution in [2.75, 3.05) is 0 Å². The molecule has 0 aliphatic carbocycles. The zero-order chi connectivity index (χ0) is 13.2. The van der Waals surface area contributed by atoms with Crippen molar-refractivity contribution in [2.24, 2.45) is 5.84 Å². The Bertz CT molecular complexity index is 434. The van der Waals surface area contributed by atoms with Gasteiger partial charge in [0.1, 0.15) is 5.75 Å². The van der Waals surface area contributed by atoms with Gasteiger partial charge in [0.05, 0.1) is 6.42 Å². The first-order valence-electron chi connectivity index (χ1n) is 5.58. The highest BCUT2D eigenvalue weighted by molar-refractivity contribution is 5.79. The van der Waals surface area contributed by atoms with Gasteiger partial charge in [-0.25, -0.2) is 5.84 Å². The van der Waals surface area contributed by atoms with Crippen LogP contribution in [0.4, 0.5) is 0 Å². The van der Waals surface area contributed by atoms with Crippen LogP contribution in [-0.4, -0.2) is 11.0 Å². The SMILES string of the molecule is Cc1cc(CC(=O)NN)c(O)c(C(C)(C)C)c1. The fourth-order valence-corrected chi connectivity index (χ4v) is 1.78. The van der Waals surface area contributed by atoms with Gasteiger partial charge in [-0.2, -0.15) is 0 Å². The van der Waals surface area contributed by atoms with E-state index in [9.17, 15) is 9.90 Å². The number of phenols is 1. The molecule has 0 atom stereocenters. The number of hydrazine groups is 1. The second-order valence-electron chi connectivity index (χ2n) is 5.31. The van der Waals surface area contributed by atoms with E-state index in [1.165, 1.54) is 0 Å². The molecule has 4 N–H and O–H groups in total. The predicted octanol–water partition coefficient (Wildman–Crippen LogP) is 1.53. The molecule has 0 heterocycles. The van der Waals surface area contributed by atoms with E-state index in [1.807, 2.05) is 33.8 Å². The summed E-state index contributed by atoms with van der Waals surface area (Å²) in [6.07, 6.45) is 0.0904. The van der Waals surface area contributed by atoms with E-state index >= 15 is 0 Å². The van der Waals surface area contributed by atoms with Crippen molar-refractivity contribution in [2.45, 2.75) is 39.5 Å². The third-order valence-electron chi connectivity index (χ3n) is 2.65. The molecule has 1 rings (SSSR count). The summed E-state index contributed by atoms with van der Waals surface area (Å²) in [5.74, 6) is 4.92. The number of benzene rings is 1. The van der Waals surface area contributed by atoms with Crippen molar-refractivity contribution in [3.8, 4) is 5.75 Å². The molecule has 0 aliphatic rings. The topological polar surface area (TPSA) is 75.4 Å². The molecule has 0 saturated carbocycles. The lowest BCUT2D eigenvalue weighted by molar-refractivity contribution is -0.120. The lowest BCUT2D eigenvalue weighted by atomic mass is 9.84. The van der Waals surface area contributed by atoms with Gasteiger partial charge in [0.15, 0.2) is 0 Å². The van der Waals surface area contributed by atoms with Gasteiger partial charge in [-0.15, -0.1) is 0 Å². The van der Waals surface area contributed by atoms with Crippen molar-refractivity contribution < 1.29 is 9.90 Å². The molecule has 0 aromatic heterocycles. The fraction of sp³-hybridized carbons (Fsp3) is 0.462. The van der Waals surface area contributed by atoms with Crippen LogP contribution in [0, 0.1) is 6.92 Å². The molecule has 94 valence electrons. The van der Waals surface area contributed by atoms with Crippen LogP contribution in [0.1, 0.15) is 37.5 Å². The zero-order valence-electron chi connectivity index (χ0n) is 10.8. The number of carbonyl (C=O) groups excluding carboxylic acids is 1. The highest BCUT2D eigenvalue weighted by Gasteiger charge is 2.21. The molecule has 0 aliphatic heterocycles. The largest absolute Gasteiger partial charge is 0.507 e. The van der Waals surface area contributed by atoms with Crippen molar-refractivity contribution in [3.63, 3.8) is 0 Å². The van der Waals surface area contributed by atoms with Crippen molar-refractivity contribution in [1.82, 2.24) is 5.43 Å². The van der Waals surface area contributed by atoms with E-state index in [0.717, 1.165) is 11.1 Å². The van der Waals surface area contributed by atoms with E-state index in [2.05, 4.69) is 5.43 Å². The summed E-state index contributed by atoms with van der Waals surface area (Å²) in [7, 11) is 0. The summed E-state index contributed by atoms with van der Waals surface area (Å²) < 4.78 is 0. The van der Waals surface area contributed by atoms with Crippen LogP contribution >= 0.6 is 0 Å². The van der Waals surface area contributed by atoms with Gasteiger partial charge < -0.3 is 5.11 Å². The molecule has 0 fully saturated rings. The molecular weight excluding hydrogens is 216 g/mol. The molecule has 4 heteroatoms. The lowest BCUT2D eigenvalue weighted by Crippen LogP contribution is -2.31. The Labute approximate surface area is 102 Å². The van der Waals surface area contributed by atoms with E-state index in [-0.39, 0.29) is 23.5 Å². The van der Waals surface area contributed by atoms with Crippen molar-refractivity contribution in [3.05, 3.63) is 28.8 Å². The molecule has 0 saturated heterocycles. The number of hydrogen-bond donors (Lipinski definition) is 3. The van der Waals surface area contributed by atoms with Crippen LogP contribution in [0.2, 0.25) is 0 Å². The van der Waals surface area contributed by atoms with E-state index in [4.69, 9.17) is 5.84 Å². The molecule has 1 amide bonds. The molecule has 0 radical (unpaired) electrons. The number of phenolic OH excluding ortho intramolecular Hbond substituents is 1. The predicted molar refractivity (Wildman–Crippen MR) is 67.6 cm³/mol. The number of hydrogen-bond acceptors (Lipinski definition) is 3. The Balaban J connectivity index is 3.24. The summed E-state index contributed by atoms with van der Waals surface area (Å²) in [6, 6.07) is 3.75. The Morgan fingerprint density at radius 3 is 2.47 bits per heavy atom. The number of nitrogens with two attached hydrogens (primary N) is 1. The molecule has 4 nitrogen and oxygen atoms in total. The molecular formula is C13H20N2O2. The smallest absolute Gasteiger partial charge is 0.238 e. The summed E-state index contributed by atoms with van der Waals surface area (Å²) in [6.45, 7) is 8.01. The second-order valence-corrected chi connectivity index (χ2v) is 5.31. The molecule has 1 aromatic rings. The average molecular weight is 236 g/mol. The monoisotopic (exact) mass is 236 g/mol. The van der Waals surface area contributed by atoms with Gasteiger partial charge in [-0.1, -0.05) is 38.5 Å². The van der Waals surface area contributed by atoms with Crippen LogP contribution in [0.5, 0.6) is 5.75 Å². The maximum atomic E-state index is 11.3. The average Bonchev–Trinajstić information content (AvgIpc) is 2.21. The zero-order valence-corrected chi connectivity index (χ0v) is 10.8. The summed E-state index contributed by atoms with van der Waals surface area (Å²) in [5.41, 5.74) is 4.38. The Hall–Kier alpha value is -1.55. The third-order valence-corrected chi connectivity index (χ3v) is 2.65. The van der Waals surface area contributed by atoms with Gasteiger partial charge >= 0.3 is 0 Å². The number of rotatable bonds is 2. The molecule has 0 unspecified atom stereocenters. The molecule has 17 heavy (non-hydrogen) atoms. The lowest BCUT2D eigenvalue weighted by Gasteiger charge is -2.22. The van der Waals surface area contributed by atoms with Crippen molar-refractivity contribution >= 4 is 5.91 Å². The quantitative estimate of drug-likeness (QED) is 0.414. The Morgan fingerprint density at radius 2 is 2.00 bits per heavy atom. The molecule has 0 bridgehead atoms. The van der Waals surface area contributed by atoms with E-state index in [0.29, 0.717) is 5.56 Å². The van der Waals surface area contributed by atoms with Gasteiger partial charge in [-0.3, -0.25) is 10.2 Å². The van der Waals surface area contributed by atoms with Crippen LogP contribution in [-0.2, 0) is 16.6 Å². The maximum absolute atomic E-state index is 11.3. The Kier molecular flexibility index (Phi) is 3.78. The number of carbonyl (C=O) groups is 1. The minimum absolute atomic E-state index is 0.0904. The minimum Gasteiger partial charge on any atom is -0.507 e. The number of aryl methyl sites for hydroxylation is 1. The van der Waals surface area contributed by atoms with Gasteiger partial charge in [0.2, 0.25) is 5.91 Å². The number of amides is 1. The first-order valence-corrected chi connectivity index (χ1v) is 5.58. The second kappa shape index (κ2) is 4.75. The van der Waals surface area contributed by atoms with Crippen LogP contribution < -0.4 is 11.3 Å². The van der Waals surface area contributed by atoms with Crippen LogP contribution in [0.3, 0.4) is 0 Å². The van der Waals surface area contributed by atoms with Crippen LogP contribution in [0.25, 0.3) is 0 Å². The normalized spacial score (nSPS) is 11.4. The van der Waals surface area contributed by atoms with E-state index in [1.54, 1.807) is 6.07 Å². The summed E-state index contributed by atoms with van der Waals surface area (Å²) in [5, 5.41) is 10.2. The molecule has 1 aromatic carbocycles. The first kappa shape index (κ1) is 13.5. The minimum atomic E-state index is -0.314. The van der Waals surface area contributed by atoms with Crippen molar-refractivity contribution in [1.29, 1.82) is 0 Å². The number of nitrogens with one attached hydrogen (secondary N) is 1. The molecule has 0 spiro atoms. The fourth-order valence-electron chi connectivity index (χ4n) is 1.78. The first-order chi connectivity index (χ1) is 7.75. The van der Waals surface area contributed by atoms with Gasteiger partial charge in [0, 0.05) is 5.56 Å². The summed E-state index contributed by atoms with van der Waals surface area (Å²) in [4.78, 5) is 11.3. The third kappa shape index (κ3) is 3.20. The standard InChI is InChI=1S/C13H20N2O2/c1-8-5-9(7-11(16)15-14)12(17)10(6-8)13(2,3)4/h5-6,17H,7,14H2,1-4H3,(H,15,16). The van der Waals surface area contributed by atoms with Crippen LogP contribution in [0.15, 0.2) is 12.1 Å². The summed E-state index contributed by atoms with van der Waals surface area (Å²) >= 11 is 0. The maximum Gasteiger partial charge on any atom is 0.238 e. The highest BCUT2D eigenvalue weighted by atomic mass is 16.3. The van der Waals surface area contributed by atoms with Gasteiger partial charge in [-0.05, 0) is 17.9 Å². The Morgan fingerprint density at radius 1 is 1.41 bits per heavy atom. The highest BCUT2D eigenvalue weighted by Crippen LogP contribution is 2.34. The van der Waals surface area contributed by atoms with Gasteiger partial charge in [0.25, 0.3) is 0 Å². The van der Waals surface area contributed by atoms with E-state index < -0.39 is 0 Å². The number of aromatic hydroxyl groups is 1.